The zero-order chi connectivity index (χ0) is 58.5. The number of carbonyl (C=O) groups is 2. The van der Waals surface area contributed by atoms with E-state index in [1.807, 2.05) is 6.08 Å². The maximum Gasteiger partial charge on any atom is 0.305 e. The lowest BCUT2D eigenvalue weighted by Gasteiger charge is -2.20. The Morgan fingerprint density at radius 1 is 0.346 bits per heavy atom. The highest BCUT2D eigenvalue weighted by Crippen LogP contribution is 2.18. The maximum atomic E-state index is 12.5. The second-order valence-corrected chi connectivity index (χ2v) is 24.9. The van der Waals surface area contributed by atoms with Crippen LogP contribution in [0.3, 0.4) is 0 Å². The van der Waals surface area contributed by atoms with Crippen LogP contribution < -0.4 is 5.32 Å². The third-order valence-electron chi connectivity index (χ3n) is 16.8. The monoisotopic (exact) mass is 1140 g/mol. The summed E-state index contributed by atoms with van der Waals surface area (Å²) in [6, 6.07) is -0.627. The molecule has 1 amide bonds. The molecule has 2 atom stereocenters. The van der Waals surface area contributed by atoms with Crippen LogP contribution in [-0.2, 0) is 14.3 Å². The van der Waals surface area contributed by atoms with E-state index in [9.17, 15) is 19.8 Å². The van der Waals surface area contributed by atoms with E-state index in [4.69, 9.17) is 4.74 Å². The summed E-state index contributed by atoms with van der Waals surface area (Å²) in [5.74, 6) is -0.0585. The van der Waals surface area contributed by atoms with E-state index >= 15 is 0 Å². The summed E-state index contributed by atoms with van der Waals surface area (Å²) in [6.45, 7) is 4.91. The van der Waals surface area contributed by atoms with Crippen molar-refractivity contribution in [3.8, 4) is 0 Å². The molecular formula is C75H141NO5. The number of hydrogen-bond donors (Lipinski definition) is 3. The number of allylic oxidation sites excluding steroid dienone is 7. The highest BCUT2D eigenvalue weighted by Gasteiger charge is 2.18. The zero-order valence-corrected chi connectivity index (χ0v) is 54.5. The molecule has 0 heterocycles. The van der Waals surface area contributed by atoms with Gasteiger partial charge in [-0.2, -0.15) is 0 Å². The van der Waals surface area contributed by atoms with E-state index in [1.54, 1.807) is 6.08 Å². The lowest BCUT2D eigenvalue weighted by Crippen LogP contribution is -2.45. The lowest BCUT2D eigenvalue weighted by molar-refractivity contribution is -0.143. The van der Waals surface area contributed by atoms with Crippen molar-refractivity contribution >= 4 is 11.9 Å². The summed E-state index contributed by atoms with van der Waals surface area (Å²) in [4.78, 5) is 24.6. The van der Waals surface area contributed by atoms with Gasteiger partial charge in [-0.3, -0.25) is 9.59 Å². The van der Waals surface area contributed by atoms with Crippen molar-refractivity contribution < 1.29 is 24.5 Å². The highest BCUT2D eigenvalue weighted by molar-refractivity contribution is 5.76. The number of esters is 1. The molecule has 0 aromatic rings. The molecule has 0 aliphatic rings. The quantitative estimate of drug-likeness (QED) is 0.0320. The van der Waals surface area contributed by atoms with Crippen molar-refractivity contribution in [1.82, 2.24) is 5.32 Å². The SMILES string of the molecule is CCCCCC/C=C\CCCCCCCC(=O)OCCCCCCCCCCC/C=C\C/C=C\CCCCCCCCCCCCCCCCCCCC(=O)NC(CO)C(O)/C=C/CCCCCCCCCCCCCCCCCC. The van der Waals surface area contributed by atoms with Gasteiger partial charge in [0.05, 0.1) is 25.4 Å². The predicted octanol–water partition coefficient (Wildman–Crippen LogP) is 23.6. The summed E-state index contributed by atoms with van der Waals surface area (Å²) >= 11 is 0. The fourth-order valence-electron chi connectivity index (χ4n) is 11.3. The summed E-state index contributed by atoms with van der Waals surface area (Å²) in [5, 5.41) is 23.2. The van der Waals surface area contributed by atoms with Crippen LogP contribution in [0.2, 0.25) is 0 Å². The molecule has 0 saturated heterocycles. The minimum atomic E-state index is -0.844. The predicted molar refractivity (Wildman–Crippen MR) is 356 cm³/mol. The van der Waals surface area contributed by atoms with E-state index < -0.39 is 12.1 Å². The molecule has 0 saturated carbocycles. The smallest absolute Gasteiger partial charge is 0.305 e. The first-order valence-electron chi connectivity index (χ1n) is 36.4. The first-order chi connectivity index (χ1) is 40.0. The second-order valence-electron chi connectivity index (χ2n) is 24.9. The van der Waals surface area contributed by atoms with Gasteiger partial charge in [-0.1, -0.05) is 339 Å². The fourth-order valence-corrected chi connectivity index (χ4v) is 11.3. The zero-order valence-electron chi connectivity index (χ0n) is 54.5. The largest absolute Gasteiger partial charge is 0.466 e. The van der Waals surface area contributed by atoms with Gasteiger partial charge < -0.3 is 20.3 Å². The van der Waals surface area contributed by atoms with E-state index in [0.29, 0.717) is 19.4 Å². The van der Waals surface area contributed by atoms with Crippen molar-refractivity contribution in [2.45, 2.75) is 405 Å². The van der Waals surface area contributed by atoms with E-state index in [2.05, 4.69) is 55.6 Å². The summed E-state index contributed by atoms with van der Waals surface area (Å²) in [6.07, 6.45) is 92.0. The van der Waals surface area contributed by atoms with E-state index in [-0.39, 0.29) is 18.5 Å². The van der Waals surface area contributed by atoms with Crippen LogP contribution in [0.1, 0.15) is 393 Å². The Hall–Kier alpha value is -2.18. The normalized spacial score (nSPS) is 12.8. The van der Waals surface area contributed by atoms with Gasteiger partial charge >= 0.3 is 5.97 Å². The third-order valence-corrected chi connectivity index (χ3v) is 16.8. The number of hydrogen-bond acceptors (Lipinski definition) is 5. The number of amides is 1. The lowest BCUT2D eigenvalue weighted by atomic mass is 10.0. The Balaban J connectivity index is 3.40. The molecule has 6 nitrogen and oxygen atoms in total. The average Bonchev–Trinajstić information content (AvgIpc) is 3.47. The van der Waals surface area contributed by atoms with Gasteiger partial charge in [-0.05, 0) is 89.9 Å². The number of nitrogens with one attached hydrogen (secondary N) is 1. The van der Waals surface area contributed by atoms with E-state index in [0.717, 1.165) is 51.4 Å². The Morgan fingerprint density at radius 2 is 0.617 bits per heavy atom. The molecule has 0 aromatic carbocycles. The molecule has 0 radical (unpaired) electrons. The van der Waals surface area contributed by atoms with Crippen LogP contribution in [0.25, 0.3) is 0 Å². The number of carbonyl (C=O) groups excluding carboxylic acids is 2. The van der Waals surface area contributed by atoms with Crippen molar-refractivity contribution in [2.75, 3.05) is 13.2 Å². The molecule has 0 aromatic heterocycles. The maximum absolute atomic E-state index is 12.5. The fraction of sp³-hybridized carbons (Fsp3) is 0.867. The Bertz CT molecular complexity index is 1360. The standard InChI is InChI=1S/C75H141NO5/c1-3-5-7-9-11-13-15-17-18-19-37-40-44-47-51-55-59-63-67-73(78)72(71-77)76-74(79)68-64-60-56-52-48-45-41-38-35-33-31-29-27-25-23-21-20-22-24-26-28-30-32-34-36-39-42-46-50-54-58-62-66-70-81-75(80)69-65-61-57-53-49-43-16-14-12-10-8-6-4-2/h14,16,24,26,30,32,63,67,72-73,77-78H,3-13,15,17-23,25,27-29,31,33-62,64-66,68-71H2,1-2H3,(H,76,79)/b16-14-,26-24-,32-30-,67-63+. The average molecular weight is 1140 g/mol. The Morgan fingerprint density at radius 3 is 0.963 bits per heavy atom. The van der Waals surface area contributed by atoms with Crippen molar-refractivity contribution in [1.29, 1.82) is 0 Å². The number of aliphatic hydroxyl groups is 2. The highest BCUT2D eigenvalue weighted by atomic mass is 16.5. The Labute approximate surface area is 506 Å². The molecule has 0 spiro atoms. The van der Waals surface area contributed by atoms with Gasteiger partial charge in [0, 0.05) is 12.8 Å². The van der Waals surface area contributed by atoms with Crippen LogP contribution in [0.5, 0.6) is 0 Å². The number of unbranched alkanes of at least 4 members (excludes halogenated alkanes) is 51. The number of rotatable bonds is 68. The molecule has 81 heavy (non-hydrogen) atoms. The van der Waals surface area contributed by atoms with Gasteiger partial charge in [-0.25, -0.2) is 0 Å². The summed E-state index contributed by atoms with van der Waals surface area (Å²) in [5.41, 5.74) is 0. The molecule has 0 rings (SSSR count). The van der Waals surface area contributed by atoms with E-state index in [1.165, 1.54) is 315 Å². The van der Waals surface area contributed by atoms with Crippen LogP contribution in [0.4, 0.5) is 0 Å². The number of aliphatic hydroxyl groups excluding tert-OH is 2. The van der Waals surface area contributed by atoms with Gasteiger partial charge in [0.1, 0.15) is 0 Å². The molecule has 3 N–H and O–H groups in total. The second kappa shape index (κ2) is 70.3. The number of ether oxygens (including phenoxy) is 1. The molecule has 0 aliphatic heterocycles. The van der Waals surface area contributed by atoms with Gasteiger partial charge in [0.25, 0.3) is 0 Å². The summed E-state index contributed by atoms with van der Waals surface area (Å²) in [7, 11) is 0. The molecule has 0 bridgehead atoms. The van der Waals surface area contributed by atoms with Gasteiger partial charge in [0.2, 0.25) is 5.91 Å². The van der Waals surface area contributed by atoms with Crippen molar-refractivity contribution in [3.63, 3.8) is 0 Å². The molecule has 6 heteroatoms. The van der Waals surface area contributed by atoms with Crippen LogP contribution in [0.15, 0.2) is 48.6 Å². The molecule has 476 valence electrons. The van der Waals surface area contributed by atoms with Crippen LogP contribution in [0, 0.1) is 0 Å². The minimum Gasteiger partial charge on any atom is -0.466 e. The van der Waals surface area contributed by atoms with Gasteiger partial charge in [0.15, 0.2) is 0 Å². The molecule has 0 fully saturated rings. The minimum absolute atomic E-state index is 0.00475. The molecular weight excluding hydrogens is 995 g/mol. The molecule has 2 unspecified atom stereocenters. The van der Waals surface area contributed by atoms with Crippen molar-refractivity contribution in [2.24, 2.45) is 0 Å². The first kappa shape index (κ1) is 78.8. The van der Waals surface area contributed by atoms with Gasteiger partial charge in [-0.15, -0.1) is 0 Å². The third kappa shape index (κ3) is 66.8. The van der Waals surface area contributed by atoms with Crippen LogP contribution in [-0.4, -0.2) is 47.4 Å². The molecule has 0 aliphatic carbocycles. The van der Waals surface area contributed by atoms with Crippen LogP contribution >= 0.6 is 0 Å². The van der Waals surface area contributed by atoms with Crippen molar-refractivity contribution in [3.05, 3.63) is 48.6 Å². The summed E-state index contributed by atoms with van der Waals surface area (Å²) < 4.78 is 5.48. The Kier molecular flexibility index (Phi) is 68.4. The topological polar surface area (TPSA) is 95.9 Å². The first-order valence-corrected chi connectivity index (χ1v) is 36.4.